The van der Waals surface area contributed by atoms with E-state index >= 15 is 0 Å². The standard InChI is InChI=1S/C18H21Cl2NO/c1-11-7-14(18(22-3)8-12(11)2)13(10-21)9-15-16(19)5-4-6-17(15)20/h4-8,13H,9-10,21H2,1-3H3. The molecule has 0 saturated carbocycles. The summed E-state index contributed by atoms with van der Waals surface area (Å²) in [6.45, 7) is 4.67. The molecule has 2 aromatic rings. The average Bonchev–Trinajstić information content (AvgIpc) is 2.50. The lowest BCUT2D eigenvalue weighted by atomic mass is 9.89. The second kappa shape index (κ2) is 7.36. The van der Waals surface area contributed by atoms with Crippen LogP contribution in [-0.4, -0.2) is 13.7 Å². The normalized spacial score (nSPS) is 12.3. The minimum atomic E-state index is 0.103. The zero-order chi connectivity index (χ0) is 16.3. The van der Waals surface area contributed by atoms with Crippen molar-refractivity contribution in [1.29, 1.82) is 0 Å². The van der Waals surface area contributed by atoms with Gasteiger partial charge < -0.3 is 10.5 Å². The molecule has 0 bridgehead atoms. The smallest absolute Gasteiger partial charge is 0.122 e. The predicted molar refractivity (Wildman–Crippen MR) is 94.4 cm³/mol. The van der Waals surface area contributed by atoms with Gasteiger partial charge in [-0.05, 0) is 67.3 Å². The summed E-state index contributed by atoms with van der Waals surface area (Å²) >= 11 is 12.6. The van der Waals surface area contributed by atoms with E-state index in [1.807, 2.05) is 18.2 Å². The van der Waals surface area contributed by atoms with Gasteiger partial charge in [0.1, 0.15) is 5.75 Å². The fourth-order valence-corrected chi connectivity index (χ4v) is 3.15. The molecule has 2 nitrogen and oxygen atoms in total. The Hall–Kier alpha value is -1.22. The van der Waals surface area contributed by atoms with Crippen molar-refractivity contribution in [2.24, 2.45) is 5.73 Å². The van der Waals surface area contributed by atoms with Gasteiger partial charge >= 0.3 is 0 Å². The summed E-state index contributed by atoms with van der Waals surface area (Å²) in [7, 11) is 1.68. The highest BCUT2D eigenvalue weighted by Crippen LogP contribution is 2.35. The Balaban J connectivity index is 2.43. The lowest BCUT2D eigenvalue weighted by Gasteiger charge is -2.21. The van der Waals surface area contributed by atoms with E-state index < -0.39 is 0 Å². The molecule has 0 aliphatic heterocycles. The molecule has 1 atom stereocenters. The van der Waals surface area contributed by atoms with Crippen LogP contribution in [0.25, 0.3) is 0 Å². The van der Waals surface area contributed by atoms with Crippen LogP contribution in [0.1, 0.15) is 28.2 Å². The molecular formula is C18H21Cl2NO. The second-order valence-corrected chi connectivity index (χ2v) is 6.33. The zero-order valence-electron chi connectivity index (χ0n) is 13.1. The predicted octanol–water partition coefficient (Wildman–Crippen LogP) is 4.90. The van der Waals surface area contributed by atoms with Crippen LogP contribution in [0.4, 0.5) is 0 Å². The van der Waals surface area contributed by atoms with Crippen molar-refractivity contribution in [3.05, 3.63) is 62.6 Å². The molecule has 0 aliphatic carbocycles. The maximum absolute atomic E-state index is 6.29. The molecule has 1 unspecified atom stereocenters. The first-order chi connectivity index (χ1) is 10.5. The van der Waals surface area contributed by atoms with Gasteiger partial charge in [-0.15, -0.1) is 0 Å². The van der Waals surface area contributed by atoms with Crippen LogP contribution in [0.3, 0.4) is 0 Å². The Morgan fingerprint density at radius 3 is 2.23 bits per heavy atom. The SMILES string of the molecule is COc1cc(C)c(C)cc1C(CN)Cc1c(Cl)cccc1Cl. The Kier molecular flexibility index (Phi) is 5.74. The van der Waals surface area contributed by atoms with Gasteiger partial charge in [0.15, 0.2) is 0 Å². The lowest BCUT2D eigenvalue weighted by Crippen LogP contribution is -2.16. The molecule has 0 saturated heterocycles. The van der Waals surface area contributed by atoms with Gasteiger partial charge in [0.2, 0.25) is 0 Å². The second-order valence-electron chi connectivity index (χ2n) is 5.52. The van der Waals surface area contributed by atoms with Gasteiger partial charge in [0.05, 0.1) is 7.11 Å². The zero-order valence-corrected chi connectivity index (χ0v) is 14.6. The van der Waals surface area contributed by atoms with Gasteiger partial charge in [0.25, 0.3) is 0 Å². The maximum atomic E-state index is 6.29. The highest BCUT2D eigenvalue weighted by atomic mass is 35.5. The van der Waals surface area contributed by atoms with E-state index in [1.54, 1.807) is 7.11 Å². The highest BCUT2D eigenvalue weighted by molar-refractivity contribution is 6.36. The molecule has 0 aliphatic rings. The van der Waals surface area contributed by atoms with Crippen LogP contribution in [0.5, 0.6) is 5.75 Å². The quantitative estimate of drug-likeness (QED) is 0.841. The van der Waals surface area contributed by atoms with Crippen molar-refractivity contribution in [2.75, 3.05) is 13.7 Å². The van der Waals surface area contributed by atoms with Crippen molar-refractivity contribution in [1.82, 2.24) is 0 Å². The average molecular weight is 338 g/mol. The van der Waals surface area contributed by atoms with Crippen molar-refractivity contribution >= 4 is 23.2 Å². The van der Waals surface area contributed by atoms with E-state index in [4.69, 9.17) is 33.7 Å². The largest absolute Gasteiger partial charge is 0.496 e. The summed E-state index contributed by atoms with van der Waals surface area (Å²) in [6.07, 6.45) is 0.688. The Morgan fingerprint density at radius 2 is 1.68 bits per heavy atom. The molecule has 0 amide bonds. The van der Waals surface area contributed by atoms with E-state index in [9.17, 15) is 0 Å². The molecule has 2 N–H and O–H groups in total. The molecule has 0 fully saturated rings. The number of rotatable bonds is 5. The maximum Gasteiger partial charge on any atom is 0.122 e. The third-order valence-electron chi connectivity index (χ3n) is 4.08. The summed E-state index contributed by atoms with van der Waals surface area (Å²) in [5.74, 6) is 0.966. The number of halogens is 2. The number of hydrogen-bond acceptors (Lipinski definition) is 2. The van der Waals surface area contributed by atoms with Gasteiger partial charge in [0, 0.05) is 16.0 Å². The first-order valence-corrected chi connectivity index (χ1v) is 8.01. The van der Waals surface area contributed by atoms with Crippen LogP contribution in [0, 0.1) is 13.8 Å². The van der Waals surface area contributed by atoms with E-state index in [2.05, 4.69) is 26.0 Å². The molecule has 0 radical (unpaired) electrons. The molecule has 0 spiro atoms. The number of methoxy groups -OCH3 is 1. The number of hydrogen-bond donors (Lipinski definition) is 1. The highest BCUT2D eigenvalue weighted by Gasteiger charge is 2.19. The van der Waals surface area contributed by atoms with Crippen LogP contribution in [0.15, 0.2) is 30.3 Å². The van der Waals surface area contributed by atoms with Gasteiger partial charge in [-0.3, -0.25) is 0 Å². The van der Waals surface area contributed by atoms with E-state index in [0.717, 1.165) is 16.9 Å². The fraction of sp³-hybridized carbons (Fsp3) is 0.333. The van der Waals surface area contributed by atoms with E-state index in [-0.39, 0.29) is 5.92 Å². The molecule has 22 heavy (non-hydrogen) atoms. The Morgan fingerprint density at radius 1 is 1.09 bits per heavy atom. The monoisotopic (exact) mass is 337 g/mol. The molecular weight excluding hydrogens is 317 g/mol. The molecule has 118 valence electrons. The topological polar surface area (TPSA) is 35.2 Å². The minimum Gasteiger partial charge on any atom is -0.496 e. The van der Waals surface area contributed by atoms with Crippen LogP contribution >= 0.6 is 23.2 Å². The first-order valence-electron chi connectivity index (χ1n) is 7.26. The number of ether oxygens (including phenoxy) is 1. The summed E-state index contributed by atoms with van der Waals surface area (Å²) in [5.41, 5.74) is 10.5. The van der Waals surface area contributed by atoms with Crippen molar-refractivity contribution in [3.8, 4) is 5.75 Å². The third kappa shape index (κ3) is 3.57. The molecule has 2 rings (SSSR count). The summed E-state index contributed by atoms with van der Waals surface area (Å²) in [5, 5.41) is 1.35. The first kappa shape index (κ1) is 17.1. The molecule has 4 heteroatoms. The molecule has 0 aromatic heterocycles. The Bertz CT molecular complexity index is 650. The fourth-order valence-electron chi connectivity index (χ4n) is 2.60. The van der Waals surface area contributed by atoms with Crippen LogP contribution in [0.2, 0.25) is 10.0 Å². The summed E-state index contributed by atoms with van der Waals surface area (Å²) in [4.78, 5) is 0. The minimum absolute atomic E-state index is 0.103. The third-order valence-corrected chi connectivity index (χ3v) is 4.79. The van der Waals surface area contributed by atoms with Crippen molar-refractivity contribution in [2.45, 2.75) is 26.2 Å². The Labute approximate surface area is 142 Å². The number of benzene rings is 2. The van der Waals surface area contributed by atoms with Gasteiger partial charge in [-0.2, -0.15) is 0 Å². The van der Waals surface area contributed by atoms with Crippen LogP contribution in [-0.2, 0) is 6.42 Å². The van der Waals surface area contributed by atoms with Crippen LogP contribution < -0.4 is 10.5 Å². The molecule has 0 heterocycles. The molecule has 2 aromatic carbocycles. The van der Waals surface area contributed by atoms with E-state index in [0.29, 0.717) is 23.0 Å². The van der Waals surface area contributed by atoms with Gasteiger partial charge in [-0.1, -0.05) is 35.3 Å². The summed E-state index contributed by atoms with van der Waals surface area (Å²) < 4.78 is 5.54. The summed E-state index contributed by atoms with van der Waals surface area (Å²) in [6, 6.07) is 9.77. The van der Waals surface area contributed by atoms with E-state index in [1.165, 1.54) is 11.1 Å². The number of aryl methyl sites for hydroxylation is 2. The lowest BCUT2D eigenvalue weighted by molar-refractivity contribution is 0.404. The van der Waals surface area contributed by atoms with Gasteiger partial charge in [-0.25, -0.2) is 0 Å². The van der Waals surface area contributed by atoms with Crippen molar-refractivity contribution in [3.63, 3.8) is 0 Å². The van der Waals surface area contributed by atoms with Crippen molar-refractivity contribution < 1.29 is 4.74 Å². The number of nitrogens with two attached hydrogens (primary N) is 1.